The Bertz CT molecular complexity index is 1090. The second kappa shape index (κ2) is 8.55. The zero-order valence-electron chi connectivity index (χ0n) is 17.6. The van der Waals surface area contributed by atoms with E-state index in [1.165, 1.54) is 11.3 Å². The fourth-order valence-electron chi connectivity index (χ4n) is 3.97. The van der Waals surface area contributed by atoms with Crippen molar-refractivity contribution < 1.29 is 18.7 Å². The topological polar surface area (TPSA) is 63.7 Å². The number of methoxy groups -OCH3 is 2. The van der Waals surface area contributed by atoms with Gasteiger partial charge in [-0.05, 0) is 42.7 Å². The summed E-state index contributed by atoms with van der Waals surface area (Å²) in [5.74, 6) is 0.905. The number of urea groups is 1. The number of nitrogens with one attached hydrogen (secondary N) is 1. The number of rotatable bonds is 5. The van der Waals surface area contributed by atoms with Crippen molar-refractivity contribution in [2.24, 2.45) is 0 Å². The highest BCUT2D eigenvalue weighted by atomic mass is 32.1. The molecule has 8 heteroatoms. The summed E-state index contributed by atoms with van der Waals surface area (Å²) in [6, 6.07) is 10.3. The zero-order chi connectivity index (χ0) is 22.0. The van der Waals surface area contributed by atoms with Crippen LogP contribution in [-0.4, -0.2) is 43.2 Å². The third kappa shape index (κ3) is 3.95. The van der Waals surface area contributed by atoms with Crippen molar-refractivity contribution in [1.82, 2.24) is 9.88 Å². The number of anilines is 1. The van der Waals surface area contributed by atoms with Crippen LogP contribution >= 0.6 is 11.3 Å². The molecule has 1 aliphatic rings. The summed E-state index contributed by atoms with van der Waals surface area (Å²) >= 11 is 1.52. The first-order valence-corrected chi connectivity index (χ1v) is 10.8. The number of thiazole rings is 1. The Morgan fingerprint density at radius 3 is 2.74 bits per heavy atom. The van der Waals surface area contributed by atoms with Gasteiger partial charge in [-0.15, -0.1) is 11.3 Å². The molecule has 0 radical (unpaired) electrons. The van der Waals surface area contributed by atoms with E-state index in [-0.39, 0.29) is 11.8 Å². The van der Waals surface area contributed by atoms with Crippen LogP contribution in [0.5, 0.6) is 11.5 Å². The van der Waals surface area contributed by atoms with Gasteiger partial charge in [0, 0.05) is 30.7 Å². The van der Waals surface area contributed by atoms with Gasteiger partial charge in [0.05, 0.1) is 25.3 Å². The van der Waals surface area contributed by atoms with Crippen LogP contribution in [0.3, 0.4) is 0 Å². The van der Waals surface area contributed by atoms with Crippen LogP contribution in [0.15, 0.2) is 48.0 Å². The monoisotopic (exact) mass is 441 g/mol. The predicted octanol–water partition coefficient (Wildman–Crippen LogP) is 4.83. The lowest BCUT2D eigenvalue weighted by Gasteiger charge is -2.28. The van der Waals surface area contributed by atoms with Gasteiger partial charge >= 0.3 is 6.03 Å². The smallest absolute Gasteiger partial charge is 0.321 e. The standard InChI is InChI=1S/C23H24FN3O3S/c1-15-4-5-16(12-18(15)24)23(21-25-9-11-31-21)8-10-27(14-23)22(28)26-19-13-17(29-2)6-7-20(19)30-3/h4-7,9,11-13H,8,10,14H2,1-3H3,(H,26,28). The number of aryl methyl sites for hydroxylation is 1. The van der Waals surface area contributed by atoms with Crippen LogP contribution in [0.2, 0.25) is 0 Å². The Hall–Kier alpha value is -3.13. The van der Waals surface area contributed by atoms with E-state index in [0.717, 1.165) is 10.6 Å². The van der Waals surface area contributed by atoms with Gasteiger partial charge < -0.3 is 19.7 Å². The predicted molar refractivity (Wildman–Crippen MR) is 119 cm³/mol. The molecule has 2 aromatic carbocycles. The summed E-state index contributed by atoms with van der Waals surface area (Å²) in [6.45, 7) is 2.67. The maximum absolute atomic E-state index is 14.4. The Labute approximate surface area is 184 Å². The Kier molecular flexibility index (Phi) is 5.82. The lowest BCUT2D eigenvalue weighted by atomic mass is 9.80. The first-order valence-electron chi connectivity index (χ1n) is 9.91. The minimum absolute atomic E-state index is 0.252. The van der Waals surface area contributed by atoms with E-state index in [4.69, 9.17) is 9.47 Å². The van der Waals surface area contributed by atoms with Crippen LogP contribution in [0.4, 0.5) is 14.9 Å². The number of hydrogen-bond donors (Lipinski definition) is 1. The molecule has 0 bridgehead atoms. The normalized spacial score (nSPS) is 18.1. The van der Waals surface area contributed by atoms with Crippen LogP contribution in [0.25, 0.3) is 0 Å². The third-order valence-electron chi connectivity index (χ3n) is 5.77. The zero-order valence-corrected chi connectivity index (χ0v) is 18.5. The first kappa shape index (κ1) is 21.1. The van der Waals surface area contributed by atoms with Crippen molar-refractivity contribution >= 4 is 23.1 Å². The quantitative estimate of drug-likeness (QED) is 0.616. The number of halogens is 1. The number of ether oxygens (including phenoxy) is 2. The molecule has 2 heterocycles. The highest BCUT2D eigenvalue weighted by Gasteiger charge is 2.45. The van der Waals surface area contributed by atoms with Crippen molar-refractivity contribution in [3.05, 3.63) is 69.9 Å². The number of hydrogen-bond acceptors (Lipinski definition) is 5. The average molecular weight is 442 g/mol. The van der Waals surface area contributed by atoms with E-state index in [9.17, 15) is 9.18 Å². The minimum Gasteiger partial charge on any atom is -0.497 e. The number of carbonyl (C=O) groups is 1. The number of amides is 2. The Balaban J connectivity index is 1.62. The number of likely N-dealkylation sites (tertiary alicyclic amines) is 1. The van der Waals surface area contributed by atoms with Crippen molar-refractivity contribution in [2.45, 2.75) is 18.8 Å². The molecule has 6 nitrogen and oxygen atoms in total. The van der Waals surface area contributed by atoms with Crippen molar-refractivity contribution in [1.29, 1.82) is 0 Å². The van der Waals surface area contributed by atoms with Crippen LogP contribution < -0.4 is 14.8 Å². The van der Waals surface area contributed by atoms with Gasteiger partial charge in [-0.1, -0.05) is 12.1 Å². The molecule has 31 heavy (non-hydrogen) atoms. The van der Waals surface area contributed by atoms with E-state index >= 15 is 0 Å². The minimum atomic E-state index is -0.543. The first-order chi connectivity index (χ1) is 15.0. The molecule has 162 valence electrons. The molecule has 1 saturated heterocycles. The fourth-order valence-corrected chi connectivity index (χ4v) is 4.86. The van der Waals surface area contributed by atoms with Gasteiger partial charge in [-0.25, -0.2) is 14.2 Å². The molecule has 3 aromatic rings. The number of aromatic nitrogens is 1. The molecular weight excluding hydrogens is 417 g/mol. The second-order valence-electron chi connectivity index (χ2n) is 7.55. The molecule has 1 atom stereocenters. The maximum atomic E-state index is 14.4. The Morgan fingerprint density at radius 1 is 1.23 bits per heavy atom. The maximum Gasteiger partial charge on any atom is 0.321 e. The van der Waals surface area contributed by atoms with E-state index < -0.39 is 5.41 Å². The molecule has 0 spiro atoms. The molecule has 2 amide bonds. The van der Waals surface area contributed by atoms with Gasteiger partial charge in [0.15, 0.2) is 0 Å². The van der Waals surface area contributed by atoms with Gasteiger partial charge in [-0.2, -0.15) is 0 Å². The summed E-state index contributed by atoms with van der Waals surface area (Å²) in [6.07, 6.45) is 2.40. The molecule has 1 unspecified atom stereocenters. The molecule has 0 aliphatic carbocycles. The van der Waals surface area contributed by atoms with E-state index in [1.54, 1.807) is 62.6 Å². The lowest BCUT2D eigenvalue weighted by molar-refractivity contribution is 0.220. The van der Waals surface area contributed by atoms with Gasteiger partial charge in [0.2, 0.25) is 0 Å². The highest BCUT2D eigenvalue weighted by Crippen LogP contribution is 2.42. The second-order valence-corrected chi connectivity index (χ2v) is 8.45. The number of benzene rings is 2. The van der Waals surface area contributed by atoms with Crippen LogP contribution in [0.1, 0.15) is 22.6 Å². The summed E-state index contributed by atoms with van der Waals surface area (Å²) in [7, 11) is 3.11. The van der Waals surface area contributed by atoms with Gasteiger partial charge in [-0.3, -0.25) is 0 Å². The number of nitrogens with zero attached hydrogens (tertiary/aromatic N) is 2. The van der Waals surface area contributed by atoms with Crippen molar-refractivity contribution in [2.75, 3.05) is 32.6 Å². The fraction of sp³-hybridized carbons (Fsp3) is 0.304. The third-order valence-corrected chi connectivity index (χ3v) is 6.75. The number of carbonyl (C=O) groups excluding carboxylic acids is 1. The summed E-state index contributed by atoms with van der Waals surface area (Å²) in [5.41, 5.74) is 1.41. The molecule has 1 aromatic heterocycles. The van der Waals surface area contributed by atoms with E-state index in [1.807, 2.05) is 11.4 Å². The van der Waals surface area contributed by atoms with E-state index in [0.29, 0.717) is 42.3 Å². The van der Waals surface area contributed by atoms with Crippen molar-refractivity contribution in [3.8, 4) is 11.5 Å². The Morgan fingerprint density at radius 2 is 2.06 bits per heavy atom. The lowest BCUT2D eigenvalue weighted by Crippen LogP contribution is -2.37. The highest BCUT2D eigenvalue weighted by molar-refractivity contribution is 7.09. The summed E-state index contributed by atoms with van der Waals surface area (Å²) in [4.78, 5) is 19.4. The molecular formula is C23H24FN3O3S. The van der Waals surface area contributed by atoms with Gasteiger partial charge in [0.1, 0.15) is 22.3 Å². The molecule has 1 aliphatic heterocycles. The summed E-state index contributed by atoms with van der Waals surface area (Å²) < 4.78 is 25.0. The van der Waals surface area contributed by atoms with Gasteiger partial charge in [0.25, 0.3) is 0 Å². The SMILES string of the molecule is COc1ccc(OC)c(NC(=O)N2CCC(c3ccc(C)c(F)c3)(c3nccs3)C2)c1. The molecule has 1 N–H and O–H groups in total. The van der Waals surface area contributed by atoms with E-state index in [2.05, 4.69) is 10.3 Å². The average Bonchev–Trinajstić information content (AvgIpc) is 3.46. The molecule has 0 saturated carbocycles. The van der Waals surface area contributed by atoms with Crippen LogP contribution in [-0.2, 0) is 5.41 Å². The largest absolute Gasteiger partial charge is 0.497 e. The summed E-state index contributed by atoms with van der Waals surface area (Å²) in [5, 5.41) is 5.71. The molecule has 4 rings (SSSR count). The van der Waals surface area contributed by atoms with Crippen molar-refractivity contribution in [3.63, 3.8) is 0 Å². The van der Waals surface area contributed by atoms with Crippen LogP contribution in [0, 0.1) is 12.7 Å². The molecule has 1 fully saturated rings.